The number of nitro benzene ring substituents is 1. The molecule has 0 unspecified atom stereocenters. The molecule has 0 fully saturated rings. The zero-order chi connectivity index (χ0) is 17.7. The maximum Gasteiger partial charge on any atom is 0.270 e. The standard InChI is InChI=1S/C16H14FN3O4/c1-19(10-15(21)18-13-6-3-5-12(17)9-13)16(22)11-4-2-7-14(8-11)20(23)24/h2-9H,10H2,1H3,(H,18,21). The predicted octanol–water partition coefficient (Wildman–Crippen LogP) is 2.44. The summed E-state index contributed by atoms with van der Waals surface area (Å²) in [5.41, 5.74) is 0.167. The van der Waals surface area contributed by atoms with E-state index < -0.39 is 22.6 Å². The highest BCUT2D eigenvalue weighted by Crippen LogP contribution is 2.14. The van der Waals surface area contributed by atoms with Gasteiger partial charge in [-0.05, 0) is 24.3 Å². The molecule has 0 bridgehead atoms. The molecule has 8 heteroatoms. The Morgan fingerprint density at radius 2 is 1.92 bits per heavy atom. The molecule has 0 saturated carbocycles. The maximum absolute atomic E-state index is 13.1. The van der Waals surface area contributed by atoms with E-state index >= 15 is 0 Å². The number of amides is 2. The smallest absolute Gasteiger partial charge is 0.270 e. The fourth-order valence-corrected chi connectivity index (χ4v) is 2.03. The summed E-state index contributed by atoms with van der Waals surface area (Å²) in [6.07, 6.45) is 0. The first-order valence-corrected chi connectivity index (χ1v) is 6.92. The fraction of sp³-hybridized carbons (Fsp3) is 0.125. The number of rotatable bonds is 5. The molecule has 2 aromatic rings. The summed E-state index contributed by atoms with van der Waals surface area (Å²) in [6.45, 7) is -0.280. The van der Waals surface area contributed by atoms with Crippen LogP contribution in [0.25, 0.3) is 0 Å². The van der Waals surface area contributed by atoms with Gasteiger partial charge in [0.15, 0.2) is 0 Å². The number of nitrogens with zero attached hydrogens (tertiary/aromatic N) is 2. The molecule has 0 aliphatic rings. The molecule has 0 radical (unpaired) electrons. The number of nitro groups is 1. The Bertz CT molecular complexity index is 794. The number of carbonyl (C=O) groups excluding carboxylic acids is 2. The van der Waals surface area contributed by atoms with E-state index in [1.807, 2.05) is 0 Å². The lowest BCUT2D eigenvalue weighted by Gasteiger charge is -2.16. The molecule has 0 spiro atoms. The largest absolute Gasteiger partial charge is 0.332 e. The number of carbonyl (C=O) groups is 2. The Morgan fingerprint density at radius 1 is 1.21 bits per heavy atom. The van der Waals surface area contributed by atoms with Crippen molar-refractivity contribution in [2.45, 2.75) is 0 Å². The molecule has 1 N–H and O–H groups in total. The van der Waals surface area contributed by atoms with Gasteiger partial charge in [-0.2, -0.15) is 0 Å². The third-order valence-corrected chi connectivity index (χ3v) is 3.14. The van der Waals surface area contributed by atoms with Crippen molar-refractivity contribution in [2.75, 3.05) is 18.9 Å². The summed E-state index contributed by atoms with van der Waals surface area (Å²) in [6, 6.07) is 10.6. The lowest BCUT2D eigenvalue weighted by molar-refractivity contribution is -0.384. The minimum absolute atomic E-state index is 0.102. The van der Waals surface area contributed by atoms with Crippen molar-refractivity contribution in [3.05, 3.63) is 70.0 Å². The molecule has 124 valence electrons. The van der Waals surface area contributed by atoms with E-state index in [2.05, 4.69) is 5.32 Å². The van der Waals surface area contributed by atoms with Crippen LogP contribution in [0, 0.1) is 15.9 Å². The lowest BCUT2D eigenvalue weighted by atomic mass is 10.2. The average Bonchev–Trinajstić information content (AvgIpc) is 2.54. The van der Waals surface area contributed by atoms with E-state index in [-0.39, 0.29) is 23.5 Å². The first-order chi connectivity index (χ1) is 11.4. The van der Waals surface area contributed by atoms with E-state index in [1.165, 1.54) is 43.4 Å². The van der Waals surface area contributed by atoms with Gasteiger partial charge in [0, 0.05) is 30.4 Å². The quantitative estimate of drug-likeness (QED) is 0.673. The monoisotopic (exact) mass is 331 g/mol. The van der Waals surface area contributed by atoms with Crippen LogP contribution in [0.5, 0.6) is 0 Å². The number of halogens is 1. The Kier molecular flexibility index (Phi) is 5.20. The highest BCUT2D eigenvalue weighted by atomic mass is 19.1. The van der Waals surface area contributed by atoms with Gasteiger partial charge in [-0.1, -0.05) is 12.1 Å². The van der Waals surface area contributed by atoms with Crippen LogP contribution in [-0.2, 0) is 4.79 Å². The molecular weight excluding hydrogens is 317 g/mol. The summed E-state index contributed by atoms with van der Waals surface area (Å²) >= 11 is 0. The molecule has 0 aromatic heterocycles. The molecule has 0 saturated heterocycles. The Balaban J connectivity index is 2.02. The second kappa shape index (κ2) is 7.32. The number of nitrogens with one attached hydrogen (secondary N) is 1. The highest BCUT2D eigenvalue weighted by Gasteiger charge is 2.17. The molecular formula is C16H14FN3O4. The van der Waals surface area contributed by atoms with Crippen molar-refractivity contribution in [3.8, 4) is 0 Å². The third kappa shape index (κ3) is 4.35. The van der Waals surface area contributed by atoms with Crippen LogP contribution in [0.2, 0.25) is 0 Å². The lowest BCUT2D eigenvalue weighted by Crippen LogP contribution is -2.34. The maximum atomic E-state index is 13.1. The van der Waals surface area contributed by atoms with Crippen molar-refractivity contribution in [1.82, 2.24) is 4.90 Å². The molecule has 7 nitrogen and oxygen atoms in total. The van der Waals surface area contributed by atoms with Gasteiger partial charge in [-0.25, -0.2) is 4.39 Å². The first-order valence-electron chi connectivity index (χ1n) is 6.92. The Hall–Kier alpha value is -3.29. The molecule has 0 aliphatic carbocycles. The van der Waals surface area contributed by atoms with Crippen LogP contribution in [-0.4, -0.2) is 35.2 Å². The van der Waals surface area contributed by atoms with Crippen molar-refractivity contribution in [1.29, 1.82) is 0 Å². The normalized spacial score (nSPS) is 10.1. The number of likely N-dealkylation sites (N-methyl/N-ethyl adjacent to an activating group) is 1. The van der Waals surface area contributed by atoms with Gasteiger partial charge in [0.1, 0.15) is 5.82 Å². The zero-order valence-corrected chi connectivity index (χ0v) is 12.7. The van der Waals surface area contributed by atoms with Gasteiger partial charge in [-0.3, -0.25) is 19.7 Å². The van der Waals surface area contributed by atoms with Crippen LogP contribution in [0.15, 0.2) is 48.5 Å². The van der Waals surface area contributed by atoms with Crippen molar-refractivity contribution >= 4 is 23.2 Å². The summed E-state index contributed by atoms with van der Waals surface area (Å²) in [5.74, 6) is -1.54. The predicted molar refractivity (Wildman–Crippen MR) is 85.1 cm³/mol. The highest BCUT2D eigenvalue weighted by molar-refractivity contribution is 5.99. The minimum Gasteiger partial charge on any atom is -0.332 e. The van der Waals surface area contributed by atoms with E-state index in [9.17, 15) is 24.1 Å². The summed E-state index contributed by atoms with van der Waals surface area (Å²) in [4.78, 5) is 35.4. The number of anilines is 1. The molecule has 2 aromatic carbocycles. The number of hydrogen-bond donors (Lipinski definition) is 1. The molecule has 0 atom stereocenters. The van der Waals surface area contributed by atoms with Crippen LogP contribution in [0.3, 0.4) is 0 Å². The summed E-state index contributed by atoms with van der Waals surface area (Å²) in [7, 11) is 1.40. The van der Waals surface area contributed by atoms with Crippen LogP contribution in [0.1, 0.15) is 10.4 Å². The van der Waals surface area contributed by atoms with E-state index in [1.54, 1.807) is 0 Å². The second-order valence-corrected chi connectivity index (χ2v) is 5.03. The Labute approximate surface area is 136 Å². The topological polar surface area (TPSA) is 92.6 Å². The van der Waals surface area contributed by atoms with Gasteiger partial charge in [-0.15, -0.1) is 0 Å². The van der Waals surface area contributed by atoms with Gasteiger partial charge in [0.25, 0.3) is 11.6 Å². The van der Waals surface area contributed by atoms with E-state index in [4.69, 9.17) is 0 Å². The second-order valence-electron chi connectivity index (χ2n) is 5.03. The molecule has 0 aliphatic heterocycles. The minimum atomic E-state index is -0.604. The molecule has 0 heterocycles. The van der Waals surface area contributed by atoms with Crippen LogP contribution in [0.4, 0.5) is 15.8 Å². The number of hydrogen-bond acceptors (Lipinski definition) is 4. The third-order valence-electron chi connectivity index (χ3n) is 3.14. The van der Waals surface area contributed by atoms with Crippen molar-refractivity contribution in [3.63, 3.8) is 0 Å². The van der Waals surface area contributed by atoms with Gasteiger partial charge >= 0.3 is 0 Å². The van der Waals surface area contributed by atoms with E-state index in [0.29, 0.717) is 0 Å². The summed E-state index contributed by atoms with van der Waals surface area (Å²) < 4.78 is 13.1. The van der Waals surface area contributed by atoms with Crippen molar-refractivity contribution in [2.24, 2.45) is 0 Å². The first kappa shape index (κ1) is 17.1. The number of benzene rings is 2. The van der Waals surface area contributed by atoms with Crippen LogP contribution < -0.4 is 5.32 Å². The SMILES string of the molecule is CN(CC(=O)Nc1cccc(F)c1)C(=O)c1cccc([N+](=O)[O-])c1. The number of non-ortho nitro benzene ring substituents is 1. The Morgan fingerprint density at radius 3 is 2.58 bits per heavy atom. The van der Waals surface area contributed by atoms with Gasteiger partial charge in [0.2, 0.25) is 5.91 Å². The van der Waals surface area contributed by atoms with E-state index in [0.717, 1.165) is 17.0 Å². The molecule has 2 amide bonds. The summed E-state index contributed by atoms with van der Waals surface area (Å²) in [5, 5.41) is 13.2. The molecule has 2 rings (SSSR count). The average molecular weight is 331 g/mol. The molecule has 24 heavy (non-hydrogen) atoms. The van der Waals surface area contributed by atoms with Crippen molar-refractivity contribution < 1.29 is 18.9 Å². The van der Waals surface area contributed by atoms with Gasteiger partial charge in [0.05, 0.1) is 11.5 Å². The van der Waals surface area contributed by atoms with Crippen LogP contribution >= 0.6 is 0 Å². The zero-order valence-electron chi connectivity index (χ0n) is 12.7. The fourth-order valence-electron chi connectivity index (χ4n) is 2.03. The van der Waals surface area contributed by atoms with Gasteiger partial charge < -0.3 is 10.2 Å².